The van der Waals surface area contributed by atoms with Crippen molar-refractivity contribution in [1.29, 1.82) is 0 Å². The van der Waals surface area contributed by atoms with E-state index in [0.29, 0.717) is 5.82 Å². The fourth-order valence-corrected chi connectivity index (χ4v) is 2.25. The number of pyridine rings is 1. The van der Waals surface area contributed by atoms with Gasteiger partial charge in [-0.3, -0.25) is 0 Å². The van der Waals surface area contributed by atoms with Crippen LogP contribution >= 0.6 is 0 Å². The minimum Gasteiger partial charge on any atom is -0.497 e. The first-order chi connectivity index (χ1) is 9.72. The predicted octanol–water partition coefficient (Wildman–Crippen LogP) is 2.57. The van der Waals surface area contributed by atoms with Crippen LogP contribution in [-0.2, 0) is 6.42 Å². The average Bonchev–Trinajstić information content (AvgIpc) is 2.47. The van der Waals surface area contributed by atoms with Gasteiger partial charge in [0.1, 0.15) is 11.6 Å². The van der Waals surface area contributed by atoms with Crippen molar-refractivity contribution in [3.05, 3.63) is 53.7 Å². The summed E-state index contributed by atoms with van der Waals surface area (Å²) in [5.41, 5.74) is 8.16. The summed E-state index contributed by atoms with van der Waals surface area (Å²) in [5.74, 6) is 1.43. The molecule has 1 unspecified atom stereocenters. The monoisotopic (exact) mass is 271 g/mol. The van der Waals surface area contributed by atoms with Gasteiger partial charge in [-0.05, 0) is 48.4 Å². The minimum absolute atomic E-state index is 0.257. The zero-order valence-electron chi connectivity index (χ0n) is 12.0. The van der Waals surface area contributed by atoms with Gasteiger partial charge >= 0.3 is 0 Å². The lowest BCUT2D eigenvalue weighted by Gasteiger charge is -2.19. The second-order valence-corrected chi connectivity index (χ2v) is 4.68. The number of rotatable bonds is 6. The number of ether oxygens (including phenoxy) is 1. The first-order valence-electron chi connectivity index (χ1n) is 6.80. The Kier molecular flexibility index (Phi) is 4.96. The van der Waals surface area contributed by atoms with Crippen molar-refractivity contribution in [3.8, 4) is 5.75 Å². The SMILES string of the molecule is CCNC(Cc1ccnc(N)c1)c1ccc(OC)cc1. The number of nitrogen functional groups attached to an aromatic ring is 1. The van der Waals surface area contributed by atoms with Crippen LogP contribution in [0, 0.1) is 0 Å². The summed E-state index contributed by atoms with van der Waals surface area (Å²) in [6.45, 7) is 3.02. The second kappa shape index (κ2) is 6.91. The van der Waals surface area contributed by atoms with Crippen LogP contribution in [0.4, 0.5) is 5.82 Å². The van der Waals surface area contributed by atoms with Crippen molar-refractivity contribution in [3.63, 3.8) is 0 Å². The molecule has 0 amide bonds. The van der Waals surface area contributed by atoms with Gasteiger partial charge in [0.05, 0.1) is 7.11 Å². The van der Waals surface area contributed by atoms with Crippen molar-refractivity contribution >= 4 is 5.82 Å². The standard InChI is InChI=1S/C16H21N3O/c1-3-18-15(10-12-8-9-19-16(17)11-12)13-4-6-14(20-2)7-5-13/h4-9,11,15,18H,3,10H2,1-2H3,(H2,17,19). The number of nitrogens with one attached hydrogen (secondary N) is 1. The molecule has 2 rings (SSSR count). The second-order valence-electron chi connectivity index (χ2n) is 4.68. The summed E-state index contributed by atoms with van der Waals surface area (Å²) in [6, 6.07) is 12.3. The number of methoxy groups -OCH3 is 1. The number of likely N-dealkylation sites (N-methyl/N-ethyl adjacent to an activating group) is 1. The Morgan fingerprint density at radius 1 is 1.25 bits per heavy atom. The number of nitrogens with two attached hydrogens (primary N) is 1. The van der Waals surface area contributed by atoms with Crippen LogP contribution in [-0.4, -0.2) is 18.6 Å². The zero-order valence-corrected chi connectivity index (χ0v) is 12.0. The molecule has 0 aliphatic rings. The molecule has 0 bridgehead atoms. The van der Waals surface area contributed by atoms with E-state index in [2.05, 4.69) is 29.4 Å². The number of aromatic nitrogens is 1. The molecule has 4 nitrogen and oxygen atoms in total. The Morgan fingerprint density at radius 3 is 2.60 bits per heavy atom. The highest BCUT2D eigenvalue weighted by Gasteiger charge is 2.11. The molecule has 1 aromatic carbocycles. The van der Waals surface area contributed by atoms with Crippen molar-refractivity contribution in [2.24, 2.45) is 0 Å². The van der Waals surface area contributed by atoms with Gasteiger partial charge in [0.15, 0.2) is 0 Å². The molecule has 1 aromatic heterocycles. The highest BCUT2D eigenvalue weighted by Crippen LogP contribution is 2.21. The number of benzene rings is 1. The maximum atomic E-state index is 5.74. The Labute approximate surface area is 120 Å². The van der Waals surface area contributed by atoms with E-state index in [1.807, 2.05) is 24.3 Å². The quantitative estimate of drug-likeness (QED) is 0.847. The minimum atomic E-state index is 0.257. The van der Waals surface area contributed by atoms with E-state index in [4.69, 9.17) is 10.5 Å². The van der Waals surface area contributed by atoms with Crippen LogP contribution < -0.4 is 15.8 Å². The van der Waals surface area contributed by atoms with E-state index in [-0.39, 0.29) is 6.04 Å². The predicted molar refractivity (Wildman–Crippen MR) is 81.8 cm³/mol. The van der Waals surface area contributed by atoms with E-state index in [1.54, 1.807) is 13.3 Å². The lowest BCUT2D eigenvalue weighted by molar-refractivity contribution is 0.414. The summed E-state index contributed by atoms with van der Waals surface area (Å²) >= 11 is 0. The molecule has 1 heterocycles. The number of hydrogen-bond donors (Lipinski definition) is 2. The Bertz CT molecular complexity index is 540. The molecule has 0 fully saturated rings. The van der Waals surface area contributed by atoms with Crippen LogP contribution in [0.25, 0.3) is 0 Å². The summed E-state index contributed by atoms with van der Waals surface area (Å²) in [6.07, 6.45) is 2.63. The molecular formula is C16H21N3O. The molecule has 0 aliphatic carbocycles. The summed E-state index contributed by atoms with van der Waals surface area (Å²) in [4.78, 5) is 4.03. The third-order valence-corrected chi connectivity index (χ3v) is 3.25. The maximum absolute atomic E-state index is 5.74. The lowest BCUT2D eigenvalue weighted by Crippen LogP contribution is -2.23. The van der Waals surface area contributed by atoms with E-state index in [9.17, 15) is 0 Å². The van der Waals surface area contributed by atoms with Gasteiger partial charge in [-0.2, -0.15) is 0 Å². The largest absolute Gasteiger partial charge is 0.497 e. The normalized spacial score (nSPS) is 12.1. The highest BCUT2D eigenvalue weighted by atomic mass is 16.5. The molecule has 0 spiro atoms. The molecule has 4 heteroatoms. The fourth-order valence-electron chi connectivity index (χ4n) is 2.25. The van der Waals surface area contributed by atoms with Crippen molar-refractivity contribution in [2.75, 3.05) is 19.4 Å². The van der Waals surface area contributed by atoms with Gasteiger partial charge in [-0.25, -0.2) is 4.98 Å². The summed E-state index contributed by atoms with van der Waals surface area (Å²) in [5, 5.41) is 3.50. The third kappa shape index (κ3) is 3.71. The van der Waals surface area contributed by atoms with E-state index < -0.39 is 0 Å². The van der Waals surface area contributed by atoms with Gasteiger partial charge in [0, 0.05) is 12.2 Å². The van der Waals surface area contributed by atoms with Gasteiger partial charge in [-0.15, -0.1) is 0 Å². The van der Waals surface area contributed by atoms with Crippen LogP contribution in [0.15, 0.2) is 42.6 Å². The van der Waals surface area contributed by atoms with Gasteiger partial charge in [0.25, 0.3) is 0 Å². The Hall–Kier alpha value is -2.07. The smallest absolute Gasteiger partial charge is 0.123 e. The number of hydrogen-bond acceptors (Lipinski definition) is 4. The molecule has 0 aliphatic heterocycles. The molecule has 20 heavy (non-hydrogen) atoms. The van der Waals surface area contributed by atoms with Gasteiger partial charge in [-0.1, -0.05) is 19.1 Å². The molecule has 2 aromatic rings. The third-order valence-electron chi connectivity index (χ3n) is 3.25. The van der Waals surface area contributed by atoms with Crippen LogP contribution in [0.1, 0.15) is 24.1 Å². The summed E-state index contributed by atoms with van der Waals surface area (Å²) < 4.78 is 5.20. The average molecular weight is 271 g/mol. The zero-order chi connectivity index (χ0) is 14.4. The molecule has 1 atom stereocenters. The maximum Gasteiger partial charge on any atom is 0.123 e. The number of anilines is 1. The van der Waals surface area contributed by atoms with Crippen LogP contribution in [0.3, 0.4) is 0 Å². The fraction of sp³-hybridized carbons (Fsp3) is 0.312. The van der Waals surface area contributed by atoms with Gasteiger partial charge in [0.2, 0.25) is 0 Å². The van der Waals surface area contributed by atoms with Crippen molar-refractivity contribution < 1.29 is 4.74 Å². The summed E-state index contributed by atoms with van der Waals surface area (Å²) in [7, 11) is 1.68. The van der Waals surface area contributed by atoms with E-state index in [1.165, 1.54) is 11.1 Å². The highest BCUT2D eigenvalue weighted by molar-refractivity contribution is 5.34. The van der Waals surface area contributed by atoms with E-state index >= 15 is 0 Å². The Balaban J connectivity index is 2.17. The molecule has 106 valence electrons. The number of nitrogens with zero attached hydrogens (tertiary/aromatic N) is 1. The van der Waals surface area contributed by atoms with Crippen molar-refractivity contribution in [1.82, 2.24) is 10.3 Å². The molecule has 3 N–H and O–H groups in total. The Morgan fingerprint density at radius 2 is 2.00 bits per heavy atom. The molecule has 0 saturated carbocycles. The van der Waals surface area contributed by atoms with Crippen LogP contribution in [0.5, 0.6) is 5.75 Å². The van der Waals surface area contributed by atoms with Gasteiger partial charge < -0.3 is 15.8 Å². The lowest BCUT2D eigenvalue weighted by atomic mass is 9.99. The van der Waals surface area contributed by atoms with E-state index in [0.717, 1.165) is 18.7 Å². The van der Waals surface area contributed by atoms with Crippen molar-refractivity contribution in [2.45, 2.75) is 19.4 Å². The first kappa shape index (κ1) is 14.3. The molecule has 0 saturated heterocycles. The molecular weight excluding hydrogens is 250 g/mol. The van der Waals surface area contributed by atoms with Crippen LogP contribution in [0.2, 0.25) is 0 Å². The molecule has 0 radical (unpaired) electrons. The first-order valence-corrected chi connectivity index (χ1v) is 6.80. The topological polar surface area (TPSA) is 60.2 Å².